The Bertz CT molecular complexity index is 701. The standard InChI is InChI=1S/C17H19N3O4/c1-3-20-14-12(13(18-20)17(23)24-4-2)15(21)19(16(14)22)10-11-8-6-5-7-9-11/h5-9,12,14H,3-4,10H2,1-2H3. The van der Waals surface area contributed by atoms with Gasteiger partial charge in [0.25, 0.3) is 5.91 Å². The molecule has 24 heavy (non-hydrogen) atoms. The van der Waals surface area contributed by atoms with Crippen molar-refractivity contribution >= 4 is 23.5 Å². The third kappa shape index (κ3) is 2.55. The molecule has 2 atom stereocenters. The van der Waals surface area contributed by atoms with Crippen molar-refractivity contribution in [3.8, 4) is 0 Å². The Balaban J connectivity index is 1.88. The maximum Gasteiger partial charge on any atom is 0.355 e. The van der Waals surface area contributed by atoms with Crippen LogP contribution in [0, 0.1) is 5.92 Å². The summed E-state index contributed by atoms with van der Waals surface area (Å²) in [5.41, 5.74) is 0.884. The number of carbonyl (C=O) groups is 3. The molecule has 3 rings (SSSR count). The molecule has 2 amide bonds. The molecule has 0 spiro atoms. The first-order chi connectivity index (χ1) is 11.6. The lowest BCUT2D eigenvalue weighted by Crippen LogP contribution is -2.38. The SMILES string of the molecule is CCOC(=O)C1=NN(CC)C2C(=O)N(Cc3ccccc3)C(=O)C12. The molecule has 7 nitrogen and oxygen atoms in total. The van der Waals surface area contributed by atoms with Crippen LogP contribution in [-0.2, 0) is 25.7 Å². The van der Waals surface area contributed by atoms with Crippen molar-refractivity contribution in [1.82, 2.24) is 9.91 Å². The smallest absolute Gasteiger partial charge is 0.355 e. The number of benzene rings is 1. The summed E-state index contributed by atoms with van der Waals surface area (Å²) < 4.78 is 4.99. The Morgan fingerprint density at radius 1 is 1.17 bits per heavy atom. The van der Waals surface area contributed by atoms with Crippen LogP contribution in [0.4, 0.5) is 0 Å². The molecular formula is C17H19N3O4. The zero-order valence-electron chi connectivity index (χ0n) is 13.6. The molecule has 1 fully saturated rings. The molecule has 0 radical (unpaired) electrons. The largest absolute Gasteiger partial charge is 0.461 e. The van der Waals surface area contributed by atoms with Gasteiger partial charge < -0.3 is 4.74 Å². The average molecular weight is 329 g/mol. The summed E-state index contributed by atoms with van der Waals surface area (Å²) in [6, 6.07) is 8.54. The van der Waals surface area contributed by atoms with E-state index >= 15 is 0 Å². The van der Waals surface area contributed by atoms with Crippen LogP contribution in [-0.4, -0.2) is 52.6 Å². The fraction of sp³-hybridized carbons (Fsp3) is 0.412. The van der Waals surface area contributed by atoms with E-state index < -0.39 is 23.8 Å². The summed E-state index contributed by atoms with van der Waals surface area (Å²) >= 11 is 0. The van der Waals surface area contributed by atoms with Gasteiger partial charge in [0.05, 0.1) is 13.2 Å². The van der Waals surface area contributed by atoms with Crippen molar-refractivity contribution in [1.29, 1.82) is 0 Å². The van der Waals surface area contributed by atoms with Crippen LogP contribution < -0.4 is 0 Å². The quantitative estimate of drug-likeness (QED) is 0.589. The number of esters is 1. The molecule has 1 aromatic rings. The molecule has 0 bridgehead atoms. The van der Waals surface area contributed by atoms with Crippen LogP contribution in [0.3, 0.4) is 0 Å². The molecule has 126 valence electrons. The van der Waals surface area contributed by atoms with E-state index in [2.05, 4.69) is 5.10 Å². The number of carbonyl (C=O) groups excluding carboxylic acids is 3. The average Bonchev–Trinajstić information content (AvgIpc) is 3.09. The predicted molar refractivity (Wildman–Crippen MR) is 85.7 cm³/mol. The third-order valence-corrected chi connectivity index (χ3v) is 4.21. The summed E-state index contributed by atoms with van der Waals surface area (Å²) in [6.07, 6.45) is 0. The minimum absolute atomic E-state index is 0.0256. The van der Waals surface area contributed by atoms with E-state index in [1.54, 1.807) is 6.92 Å². The Morgan fingerprint density at radius 3 is 2.50 bits per heavy atom. The van der Waals surface area contributed by atoms with Crippen LogP contribution in [0.2, 0.25) is 0 Å². The molecule has 0 aromatic heterocycles. The van der Waals surface area contributed by atoms with Crippen molar-refractivity contribution in [2.24, 2.45) is 11.0 Å². The van der Waals surface area contributed by atoms with Crippen LogP contribution in [0.1, 0.15) is 19.4 Å². The molecule has 2 heterocycles. The molecule has 1 saturated heterocycles. The second kappa shape index (κ2) is 6.43. The summed E-state index contributed by atoms with van der Waals surface area (Å²) in [7, 11) is 0. The van der Waals surface area contributed by atoms with Crippen molar-refractivity contribution < 1.29 is 19.1 Å². The number of nitrogens with zero attached hydrogens (tertiary/aromatic N) is 3. The van der Waals surface area contributed by atoms with Crippen LogP contribution in [0.15, 0.2) is 35.4 Å². The Kier molecular flexibility index (Phi) is 4.33. The number of likely N-dealkylation sites (tertiary alicyclic amines) is 1. The van der Waals surface area contributed by atoms with Gasteiger partial charge in [-0.3, -0.25) is 19.5 Å². The predicted octanol–water partition coefficient (Wildman–Crippen LogP) is 0.795. The third-order valence-electron chi connectivity index (χ3n) is 4.21. The molecule has 0 aliphatic carbocycles. The molecular weight excluding hydrogens is 310 g/mol. The van der Waals surface area contributed by atoms with E-state index in [4.69, 9.17) is 4.74 Å². The lowest BCUT2D eigenvalue weighted by atomic mass is 9.98. The molecule has 7 heteroatoms. The van der Waals surface area contributed by atoms with Crippen LogP contribution in [0.25, 0.3) is 0 Å². The van der Waals surface area contributed by atoms with E-state index in [-0.39, 0.29) is 24.8 Å². The van der Waals surface area contributed by atoms with Gasteiger partial charge in [0.1, 0.15) is 12.0 Å². The topological polar surface area (TPSA) is 79.3 Å². The van der Waals surface area contributed by atoms with Gasteiger partial charge in [-0.05, 0) is 19.4 Å². The number of hydrazone groups is 1. The summed E-state index contributed by atoms with van der Waals surface area (Å²) in [6.45, 7) is 4.33. The number of rotatable bonds is 5. The van der Waals surface area contributed by atoms with E-state index in [9.17, 15) is 14.4 Å². The van der Waals surface area contributed by atoms with E-state index in [0.717, 1.165) is 5.56 Å². The minimum Gasteiger partial charge on any atom is -0.461 e. The first-order valence-corrected chi connectivity index (χ1v) is 7.99. The van der Waals surface area contributed by atoms with Crippen molar-refractivity contribution in [2.45, 2.75) is 26.4 Å². The highest BCUT2D eigenvalue weighted by Crippen LogP contribution is 2.33. The van der Waals surface area contributed by atoms with Crippen molar-refractivity contribution in [2.75, 3.05) is 13.2 Å². The monoisotopic (exact) mass is 329 g/mol. The zero-order valence-corrected chi connectivity index (χ0v) is 13.6. The van der Waals surface area contributed by atoms with Gasteiger partial charge in [0.15, 0.2) is 5.71 Å². The number of hydrogen-bond acceptors (Lipinski definition) is 6. The van der Waals surface area contributed by atoms with Gasteiger partial charge in [-0.2, -0.15) is 5.10 Å². The van der Waals surface area contributed by atoms with Gasteiger partial charge in [0.2, 0.25) is 5.91 Å². The molecule has 0 N–H and O–H groups in total. The highest BCUT2D eigenvalue weighted by molar-refractivity contribution is 6.43. The maximum absolute atomic E-state index is 12.8. The summed E-state index contributed by atoms with van der Waals surface area (Å²) in [5.74, 6) is -2.22. The number of hydrogen-bond donors (Lipinski definition) is 0. The van der Waals surface area contributed by atoms with Crippen molar-refractivity contribution in [3.05, 3.63) is 35.9 Å². The zero-order chi connectivity index (χ0) is 17.3. The van der Waals surface area contributed by atoms with E-state index in [0.29, 0.717) is 6.54 Å². The number of imide groups is 1. The maximum atomic E-state index is 12.8. The number of fused-ring (bicyclic) bond motifs is 1. The van der Waals surface area contributed by atoms with Gasteiger partial charge in [-0.25, -0.2) is 4.79 Å². The highest BCUT2D eigenvalue weighted by Gasteiger charge is 2.57. The Labute approximate surface area is 139 Å². The van der Waals surface area contributed by atoms with E-state index in [1.165, 1.54) is 9.91 Å². The van der Waals surface area contributed by atoms with Gasteiger partial charge in [0, 0.05) is 6.54 Å². The number of amides is 2. The van der Waals surface area contributed by atoms with E-state index in [1.807, 2.05) is 37.3 Å². The summed E-state index contributed by atoms with van der Waals surface area (Å²) in [5, 5.41) is 5.66. The molecule has 2 unspecified atom stereocenters. The lowest BCUT2D eigenvalue weighted by molar-refractivity contribution is -0.142. The number of likely N-dealkylation sites (N-methyl/N-ethyl adjacent to an activating group) is 1. The molecule has 2 aliphatic rings. The minimum atomic E-state index is -0.875. The molecule has 2 aliphatic heterocycles. The first-order valence-electron chi connectivity index (χ1n) is 7.99. The first kappa shape index (κ1) is 16.2. The Hall–Kier alpha value is -2.70. The second-order valence-electron chi connectivity index (χ2n) is 5.63. The lowest BCUT2D eigenvalue weighted by Gasteiger charge is -2.20. The second-order valence-corrected chi connectivity index (χ2v) is 5.63. The Morgan fingerprint density at radius 2 is 1.88 bits per heavy atom. The summed E-state index contributed by atoms with van der Waals surface area (Å²) in [4.78, 5) is 38.8. The molecule has 0 saturated carbocycles. The fourth-order valence-electron chi connectivity index (χ4n) is 3.10. The van der Waals surface area contributed by atoms with Gasteiger partial charge in [-0.15, -0.1) is 0 Å². The number of ether oxygens (including phenoxy) is 1. The highest BCUT2D eigenvalue weighted by atomic mass is 16.5. The molecule has 1 aromatic carbocycles. The fourth-order valence-corrected chi connectivity index (χ4v) is 3.10. The van der Waals surface area contributed by atoms with Crippen LogP contribution in [0.5, 0.6) is 0 Å². The van der Waals surface area contributed by atoms with Gasteiger partial charge >= 0.3 is 5.97 Å². The van der Waals surface area contributed by atoms with Crippen molar-refractivity contribution in [3.63, 3.8) is 0 Å². The van der Waals surface area contributed by atoms with Crippen LogP contribution >= 0.6 is 0 Å². The van der Waals surface area contributed by atoms with Gasteiger partial charge in [-0.1, -0.05) is 30.3 Å². The normalized spacial score (nSPS) is 22.7.